The van der Waals surface area contributed by atoms with E-state index >= 15 is 0 Å². The fourth-order valence-electron chi connectivity index (χ4n) is 2.40. The predicted molar refractivity (Wildman–Crippen MR) is 96.9 cm³/mol. The molecule has 1 aromatic carbocycles. The summed E-state index contributed by atoms with van der Waals surface area (Å²) in [6.07, 6.45) is 5.19. The molecule has 2 heterocycles. The third kappa shape index (κ3) is 4.04. The van der Waals surface area contributed by atoms with Gasteiger partial charge in [0.15, 0.2) is 5.78 Å². The molecule has 0 radical (unpaired) electrons. The number of nitrogens with zero attached hydrogens (tertiary/aromatic N) is 3. The van der Waals surface area contributed by atoms with E-state index in [-0.39, 0.29) is 17.2 Å². The number of hydrogen-bond donors (Lipinski definition) is 1. The third-order valence-corrected chi connectivity index (χ3v) is 5.24. The van der Waals surface area contributed by atoms with Crippen LogP contribution in [0.1, 0.15) is 22.8 Å². The fourth-order valence-corrected chi connectivity index (χ4v) is 3.46. The molecule has 8 heteroatoms. The number of aryl methyl sites for hydroxylation is 1. The first-order valence-corrected chi connectivity index (χ1v) is 9.38. The first-order valence-electron chi connectivity index (χ1n) is 7.90. The highest BCUT2D eigenvalue weighted by molar-refractivity contribution is 7.89. The van der Waals surface area contributed by atoms with Crippen LogP contribution >= 0.6 is 0 Å². The van der Waals surface area contributed by atoms with Crippen molar-refractivity contribution in [3.05, 3.63) is 66.1 Å². The standard InChI is InChI=1S/C18H18N4O3S/c1-13(23)15-4-3-5-17(8-15)26(24,25)21-10-14-6-7-18(19-9-14)16-11-20-22(2)12-16/h3-9,11-12,21H,10H2,1-2H3. The minimum absolute atomic E-state index is 0.0603. The Hall–Kier alpha value is -2.84. The molecule has 0 amide bonds. The van der Waals surface area contributed by atoms with Crippen molar-refractivity contribution in [1.82, 2.24) is 19.5 Å². The Morgan fingerprint density at radius 3 is 2.62 bits per heavy atom. The number of benzene rings is 1. The third-order valence-electron chi connectivity index (χ3n) is 3.84. The number of carbonyl (C=O) groups is 1. The molecule has 0 aliphatic heterocycles. The van der Waals surface area contributed by atoms with E-state index in [1.54, 1.807) is 29.2 Å². The van der Waals surface area contributed by atoms with Crippen LogP contribution in [0, 0.1) is 0 Å². The van der Waals surface area contributed by atoms with Crippen LogP contribution in [-0.4, -0.2) is 29.0 Å². The van der Waals surface area contributed by atoms with Gasteiger partial charge in [-0.1, -0.05) is 18.2 Å². The Kier molecular flexibility index (Phi) is 4.97. The number of carbonyl (C=O) groups excluding carboxylic acids is 1. The van der Waals surface area contributed by atoms with Gasteiger partial charge in [0.05, 0.1) is 16.8 Å². The lowest BCUT2D eigenvalue weighted by atomic mass is 10.2. The zero-order chi connectivity index (χ0) is 18.7. The summed E-state index contributed by atoms with van der Waals surface area (Å²) in [6.45, 7) is 1.50. The van der Waals surface area contributed by atoms with Crippen LogP contribution in [0.5, 0.6) is 0 Å². The molecule has 7 nitrogen and oxygen atoms in total. The number of ketones is 1. The van der Waals surface area contributed by atoms with Gasteiger partial charge >= 0.3 is 0 Å². The molecule has 1 N–H and O–H groups in total. The maximum Gasteiger partial charge on any atom is 0.240 e. The summed E-state index contributed by atoms with van der Waals surface area (Å²) in [5, 5.41) is 4.10. The molecule has 0 saturated heterocycles. The highest BCUT2D eigenvalue weighted by Crippen LogP contribution is 2.16. The molecule has 0 unspecified atom stereocenters. The first kappa shape index (κ1) is 18.0. The van der Waals surface area contributed by atoms with Crippen molar-refractivity contribution >= 4 is 15.8 Å². The van der Waals surface area contributed by atoms with Crippen LogP contribution in [0.15, 0.2) is 59.9 Å². The highest BCUT2D eigenvalue weighted by atomic mass is 32.2. The van der Waals surface area contributed by atoms with Gasteiger partial charge in [0.25, 0.3) is 0 Å². The van der Waals surface area contributed by atoms with Crippen molar-refractivity contribution in [2.75, 3.05) is 0 Å². The van der Waals surface area contributed by atoms with Gasteiger partial charge in [-0.2, -0.15) is 5.10 Å². The maximum atomic E-state index is 12.4. The summed E-state index contributed by atoms with van der Waals surface area (Å²) in [4.78, 5) is 15.8. The monoisotopic (exact) mass is 370 g/mol. The number of nitrogens with one attached hydrogen (secondary N) is 1. The first-order chi connectivity index (χ1) is 12.3. The van der Waals surface area contributed by atoms with Crippen molar-refractivity contribution < 1.29 is 13.2 Å². The molecule has 0 bridgehead atoms. The number of pyridine rings is 1. The van der Waals surface area contributed by atoms with E-state index in [2.05, 4.69) is 14.8 Å². The quantitative estimate of drug-likeness (QED) is 0.671. The van der Waals surface area contributed by atoms with Crippen molar-refractivity contribution in [3.8, 4) is 11.3 Å². The van der Waals surface area contributed by atoms with Gasteiger partial charge in [-0.25, -0.2) is 13.1 Å². The average molecular weight is 370 g/mol. The summed E-state index contributed by atoms with van der Waals surface area (Å²) in [7, 11) is -1.89. The maximum absolute atomic E-state index is 12.4. The van der Waals surface area contributed by atoms with E-state index in [1.807, 2.05) is 25.4 Å². The lowest BCUT2D eigenvalue weighted by molar-refractivity contribution is 0.101. The molecule has 2 aromatic heterocycles. The molecule has 0 aliphatic rings. The summed E-state index contributed by atoms with van der Waals surface area (Å²) < 4.78 is 29.0. The van der Waals surface area contributed by atoms with Crippen LogP contribution in [0.4, 0.5) is 0 Å². The van der Waals surface area contributed by atoms with E-state index in [1.165, 1.54) is 19.1 Å². The highest BCUT2D eigenvalue weighted by Gasteiger charge is 2.15. The van der Waals surface area contributed by atoms with Gasteiger partial charge in [0.1, 0.15) is 0 Å². The van der Waals surface area contributed by atoms with Gasteiger partial charge in [-0.05, 0) is 30.7 Å². The van der Waals surface area contributed by atoms with E-state index in [0.717, 1.165) is 16.8 Å². The lowest BCUT2D eigenvalue weighted by Crippen LogP contribution is -2.23. The summed E-state index contributed by atoms with van der Waals surface area (Å²) in [6, 6.07) is 9.59. The average Bonchev–Trinajstić information content (AvgIpc) is 3.07. The number of aromatic nitrogens is 3. The molecular weight excluding hydrogens is 352 g/mol. The van der Waals surface area contributed by atoms with Crippen LogP contribution in [0.2, 0.25) is 0 Å². The van der Waals surface area contributed by atoms with Gasteiger partial charge < -0.3 is 0 Å². The lowest BCUT2D eigenvalue weighted by Gasteiger charge is -2.08. The molecule has 134 valence electrons. The summed E-state index contributed by atoms with van der Waals surface area (Å²) in [5.74, 6) is -0.183. The van der Waals surface area contributed by atoms with E-state index in [4.69, 9.17) is 0 Å². The molecule has 3 rings (SSSR count). The number of sulfonamides is 1. The molecule has 0 spiro atoms. The summed E-state index contributed by atoms with van der Waals surface area (Å²) >= 11 is 0. The van der Waals surface area contributed by atoms with Gasteiger partial charge in [0, 0.05) is 37.1 Å². The number of hydrogen-bond acceptors (Lipinski definition) is 5. The molecule has 0 fully saturated rings. The Morgan fingerprint density at radius 2 is 2.00 bits per heavy atom. The van der Waals surface area contributed by atoms with Crippen LogP contribution < -0.4 is 4.72 Å². The fraction of sp³-hybridized carbons (Fsp3) is 0.167. The minimum Gasteiger partial charge on any atom is -0.295 e. The van der Waals surface area contributed by atoms with Crippen LogP contribution in [0.25, 0.3) is 11.3 Å². The number of rotatable bonds is 6. The zero-order valence-electron chi connectivity index (χ0n) is 14.4. The zero-order valence-corrected chi connectivity index (χ0v) is 15.2. The second-order valence-corrected chi connectivity index (χ2v) is 7.63. The van der Waals surface area contributed by atoms with Crippen molar-refractivity contribution in [2.24, 2.45) is 7.05 Å². The topological polar surface area (TPSA) is 94.0 Å². The largest absolute Gasteiger partial charge is 0.295 e. The molecule has 0 saturated carbocycles. The minimum atomic E-state index is -3.72. The van der Waals surface area contributed by atoms with Crippen molar-refractivity contribution in [1.29, 1.82) is 0 Å². The molecule has 26 heavy (non-hydrogen) atoms. The van der Waals surface area contributed by atoms with Crippen molar-refractivity contribution in [3.63, 3.8) is 0 Å². The second-order valence-electron chi connectivity index (χ2n) is 5.86. The second kappa shape index (κ2) is 7.19. The smallest absolute Gasteiger partial charge is 0.240 e. The van der Waals surface area contributed by atoms with Gasteiger partial charge in [-0.15, -0.1) is 0 Å². The van der Waals surface area contributed by atoms with Crippen LogP contribution in [-0.2, 0) is 23.6 Å². The molecular formula is C18H18N4O3S. The molecule has 3 aromatic rings. The number of Topliss-reactive ketones (excluding diaryl/α,β-unsaturated/α-hetero) is 1. The predicted octanol–water partition coefficient (Wildman–Crippen LogP) is 2.16. The Balaban J connectivity index is 1.71. The Morgan fingerprint density at radius 1 is 1.19 bits per heavy atom. The Labute approximate surface area is 151 Å². The van der Waals surface area contributed by atoms with E-state index in [9.17, 15) is 13.2 Å². The SMILES string of the molecule is CC(=O)c1cccc(S(=O)(=O)NCc2ccc(-c3cnn(C)c3)nc2)c1. The molecule has 0 aliphatic carbocycles. The van der Waals surface area contributed by atoms with Gasteiger partial charge in [0.2, 0.25) is 10.0 Å². The normalized spacial score (nSPS) is 11.5. The summed E-state index contributed by atoms with van der Waals surface area (Å²) in [5.41, 5.74) is 2.74. The van der Waals surface area contributed by atoms with Crippen LogP contribution in [0.3, 0.4) is 0 Å². The van der Waals surface area contributed by atoms with E-state index in [0.29, 0.717) is 5.56 Å². The van der Waals surface area contributed by atoms with Crippen molar-refractivity contribution in [2.45, 2.75) is 18.4 Å². The Bertz CT molecular complexity index is 1040. The molecule has 0 atom stereocenters. The van der Waals surface area contributed by atoms with E-state index < -0.39 is 10.0 Å². The van der Waals surface area contributed by atoms with Gasteiger partial charge in [-0.3, -0.25) is 14.5 Å².